The van der Waals surface area contributed by atoms with Crippen LogP contribution in [0.15, 0.2) is 0 Å². The lowest BCUT2D eigenvalue weighted by Crippen LogP contribution is -2.34. The minimum absolute atomic E-state index is 0.502. The van der Waals surface area contributed by atoms with Gasteiger partial charge in [-0.15, -0.1) is 0 Å². The van der Waals surface area contributed by atoms with Gasteiger partial charge in [-0.3, -0.25) is 0 Å². The number of nitrogens with one attached hydrogen (secondary N) is 2. The van der Waals surface area contributed by atoms with E-state index in [1.807, 2.05) is 0 Å². The van der Waals surface area contributed by atoms with Gasteiger partial charge in [-0.1, -0.05) is 39.0 Å². The van der Waals surface area contributed by atoms with Crippen molar-refractivity contribution in [3.63, 3.8) is 0 Å². The number of hydrogen-bond donors (Lipinski definition) is 2. The predicted molar refractivity (Wildman–Crippen MR) is 78.1 cm³/mol. The van der Waals surface area contributed by atoms with Gasteiger partial charge in [0.25, 0.3) is 0 Å². The highest BCUT2D eigenvalue weighted by molar-refractivity contribution is 4.68. The fourth-order valence-corrected chi connectivity index (χ4v) is 2.42. The highest BCUT2D eigenvalue weighted by Crippen LogP contribution is 2.06. The summed E-state index contributed by atoms with van der Waals surface area (Å²) < 4.78 is 5.84. The fraction of sp³-hybridized carbons (Fsp3) is 1.00. The average molecular weight is 256 g/mol. The van der Waals surface area contributed by atoms with Crippen molar-refractivity contribution >= 4 is 0 Å². The van der Waals surface area contributed by atoms with E-state index in [9.17, 15) is 0 Å². The molecule has 0 aromatic heterocycles. The molecule has 1 aliphatic rings. The van der Waals surface area contributed by atoms with Gasteiger partial charge in [0.2, 0.25) is 0 Å². The summed E-state index contributed by atoms with van der Waals surface area (Å²) >= 11 is 0. The molecular weight excluding hydrogens is 224 g/mol. The quantitative estimate of drug-likeness (QED) is 0.558. The predicted octanol–water partition coefficient (Wildman–Crippen LogP) is 2.71. The summed E-state index contributed by atoms with van der Waals surface area (Å²) in [6, 6.07) is 0. The molecule has 2 N–H and O–H groups in total. The van der Waals surface area contributed by atoms with Crippen molar-refractivity contribution in [1.29, 1.82) is 0 Å². The molecule has 0 saturated carbocycles. The Morgan fingerprint density at radius 1 is 1.00 bits per heavy atom. The van der Waals surface area contributed by atoms with Gasteiger partial charge in [-0.25, -0.2) is 0 Å². The lowest BCUT2D eigenvalue weighted by Gasteiger charge is -2.22. The molecule has 1 saturated heterocycles. The Kier molecular flexibility index (Phi) is 10.6. The van der Waals surface area contributed by atoms with Crippen LogP contribution in [-0.2, 0) is 4.74 Å². The van der Waals surface area contributed by atoms with Crippen molar-refractivity contribution in [3.8, 4) is 0 Å². The van der Waals surface area contributed by atoms with Gasteiger partial charge in [0.15, 0.2) is 0 Å². The summed E-state index contributed by atoms with van der Waals surface area (Å²) in [6.45, 7) is 7.55. The van der Waals surface area contributed by atoms with Crippen LogP contribution in [0.25, 0.3) is 0 Å². The average Bonchev–Trinajstić information content (AvgIpc) is 2.42. The Morgan fingerprint density at radius 2 is 1.72 bits per heavy atom. The van der Waals surface area contributed by atoms with Crippen molar-refractivity contribution < 1.29 is 4.74 Å². The second-order valence-corrected chi connectivity index (χ2v) is 5.34. The number of hydrogen-bond acceptors (Lipinski definition) is 3. The molecule has 1 aliphatic heterocycles. The van der Waals surface area contributed by atoms with E-state index >= 15 is 0 Å². The molecule has 18 heavy (non-hydrogen) atoms. The van der Waals surface area contributed by atoms with Crippen LogP contribution in [0, 0.1) is 0 Å². The van der Waals surface area contributed by atoms with Crippen molar-refractivity contribution in [1.82, 2.24) is 10.6 Å². The molecule has 0 amide bonds. The maximum absolute atomic E-state index is 5.84. The minimum atomic E-state index is 0.502. The monoisotopic (exact) mass is 256 g/mol. The van der Waals surface area contributed by atoms with Gasteiger partial charge in [-0.05, 0) is 38.9 Å². The Bertz CT molecular complexity index is 170. The molecule has 0 unspecified atom stereocenters. The Balaban J connectivity index is 1.73. The maximum Gasteiger partial charge on any atom is 0.0600 e. The van der Waals surface area contributed by atoms with Gasteiger partial charge >= 0.3 is 0 Å². The topological polar surface area (TPSA) is 33.3 Å². The lowest BCUT2D eigenvalue weighted by atomic mass is 10.1. The van der Waals surface area contributed by atoms with E-state index in [-0.39, 0.29) is 0 Å². The summed E-state index contributed by atoms with van der Waals surface area (Å²) in [5.41, 5.74) is 0. The summed E-state index contributed by atoms with van der Waals surface area (Å²) in [7, 11) is 0. The normalized spacial score (nSPS) is 17.2. The fourth-order valence-electron chi connectivity index (χ4n) is 2.42. The molecule has 1 rings (SSSR count). The van der Waals surface area contributed by atoms with Crippen LogP contribution in [0.3, 0.4) is 0 Å². The summed E-state index contributed by atoms with van der Waals surface area (Å²) in [5, 5.41) is 6.83. The minimum Gasteiger partial charge on any atom is -0.377 e. The zero-order valence-corrected chi connectivity index (χ0v) is 12.2. The zero-order valence-electron chi connectivity index (χ0n) is 12.2. The molecule has 1 heterocycles. The standard InChI is InChI=1S/C15H32N2O/c1-2-3-4-5-6-7-10-16-13-14-18-15-8-11-17-12-9-15/h15-17H,2-14H2,1H3. The molecule has 0 bridgehead atoms. The van der Waals surface area contributed by atoms with Crippen molar-refractivity contribution in [3.05, 3.63) is 0 Å². The van der Waals surface area contributed by atoms with Gasteiger partial charge in [0.05, 0.1) is 12.7 Å². The third-order valence-corrected chi connectivity index (χ3v) is 3.63. The van der Waals surface area contributed by atoms with E-state index in [4.69, 9.17) is 4.74 Å². The van der Waals surface area contributed by atoms with E-state index in [1.165, 1.54) is 51.4 Å². The molecule has 3 heteroatoms. The molecule has 3 nitrogen and oxygen atoms in total. The summed E-state index contributed by atoms with van der Waals surface area (Å²) in [4.78, 5) is 0. The molecule has 0 aromatic rings. The smallest absolute Gasteiger partial charge is 0.0600 e. The van der Waals surface area contributed by atoms with Crippen molar-refractivity contribution in [2.24, 2.45) is 0 Å². The number of piperidine rings is 1. The number of ether oxygens (including phenoxy) is 1. The third-order valence-electron chi connectivity index (χ3n) is 3.63. The van der Waals surface area contributed by atoms with Crippen LogP contribution < -0.4 is 10.6 Å². The molecule has 0 atom stereocenters. The first-order chi connectivity index (χ1) is 8.93. The van der Waals surface area contributed by atoms with Gasteiger partial charge in [0.1, 0.15) is 0 Å². The van der Waals surface area contributed by atoms with E-state index in [0.717, 1.165) is 32.8 Å². The molecule has 0 aliphatic carbocycles. The summed E-state index contributed by atoms with van der Waals surface area (Å²) in [6.07, 6.45) is 11.1. The van der Waals surface area contributed by atoms with Crippen LogP contribution >= 0.6 is 0 Å². The SMILES string of the molecule is CCCCCCCCNCCOC1CCNCC1. The van der Waals surface area contributed by atoms with Crippen LogP contribution in [0.5, 0.6) is 0 Å². The van der Waals surface area contributed by atoms with E-state index < -0.39 is 0 Å². The molecular formula is C15H32N2O. The number of rotatable bonds is 11. The summed E-state index contributed by atoms with van der Waals surface area (Å²) in [5.74, 6) is 0. The van der Waals surface area contributed by atoms with Gasteiger partial charge < -0.3 is 15.4 Å². The first-order valence-corrected chi connectivity index (χ1v) is 7.96. The molecule has 0 aromatic carbocycles. The maximum atomic E-state index is 5.84. The second kappa shape index (κ2) is 11.9. The van der Waals surface area contributed by atoms with Crippen LogP contribution in [0.2, 0.25) is 0 Å². The van der Waals surface area contributed by atoms with Crippen molar-refractivity contribution in [2.75, 3.05) is 32.8 Å². The highest BCUT2D eigenvalue weighted by atomic mass is 16.5. The zero-order chi connectivity index (χ0) is 12.9. The second-order valence-electron chi connectivity index (χ2n) is 5.34. The van der Waals surface area contributed by atoms with E-state index in [0.29, 0.717) is 6.10 Å². The highest BCUT2D eigenvalue weighted by Gasteiger charge is 2.12. The van der Waals surface area contributed by atoms with Crippen molar-refractivity contribution in [2.45, 2.75) is 64.4 Å². The first kappa shape index (κ1) is 15.9. The van der Waals surface area contributed by atoms with Gasteiger partial charge in [-0.2, -0.15) is 0 Å². The first-order valence-electron chi connectivity index (χ1n) is 7.96. The van der Waals surface area contributed by atoms with Gasteiger partial charge in [0, 0.05) is 6.54 Å². The van der Waals surface area contributed by atoms with E-state index in [1.54, 1.807) is 0 Å². The Morgan fingerprint density at radius 3 is 2.50 bits per heavy atom. The molecule has 108 valence electrons. The lowest BCUT2D eigenvalue weighted by molar-refractivity contribution is 0.0349. The van der Waals surface area contributed by atoms with Crippen LogP contribution in [-0.4, -0.2) is 38.9 Å². The third kappa shape index (κ3) is 8.90. The molecule has 1 fully saturated rings. The number of unbranched alkanes of at least 4 members (excludes halogenated alkanes) is 5. The van der Waals surface area contributed by atoms with Crippen LogP contribution in [0.1, 0.15) is 58.3 Å². The molecule has 0 spiro atoms. The Labute approximate surface area is 113 Å². The van der Waals surface area contributed by atoms with Crippen LogP contribution in [0.4, 0.5) is 0 Å². The molecule has 0 radical (unpaired) electrons. The largest absolute Gasteiger partial charge is 0.377 e. The Hall–Kier alpha value is -0.120. The van der Waals surface area contributed by atoms with E-state index in [2.05, 4.69) is 17.6 Å².